The van der Waals surface area contributed by atoms with Gasteiger partial charge < -0.3 is 9.13 Å². The monoisotopic (exact) mass is 337 g/mol. The first-order chi connectivity index (χ1) is 10.9. The number of hydrogen-bond acceptors (Lipinski definition) is 4. The van der Waals surface area contributed by atoms with E-state index in [2.05, 4.69) is 28.4 Å². The molecule has 0 N–H and O–H groups in total. The number of hydrogen-bond donors (Lipinski definition) is 0. The Morgan fingerprint density at radius 3 is 2.74 bits per heavy atom. The minimum Gasteiger partial charge on any atom is -0.339 e. The molecule has 2 aromatic heterocycles. The van der Waals surface area contributed by atoms with Crippen molar-refractivity contribution in [3.63, 3.8) is 0 Å². The maximum absolute atomic E-state index is 12.8. The Morgan fingerprint density at radius 2 is 2.09 bits per heavy atom. The van der Waals surface area contributed by atoms with Crippen molar-refractivity contribution in [2.24, 2.45) is 7.05 Å². The van der Waals surface area contributed by atoms with Gasteiger partial charge in [0, 0.05) is 50.7 Å². The zero-order valence-electron chi connectivity index (χ0n) is 13.8. The average Bonchev–Trinajstić information content (AvgIpc) is 3.16. The Hall–Kier alpha value is -1.67. The first-order valence-electron chi connectivity index (χ1n) is 7.90. The van der Waals surface area contributed by atoms with Gasteiger partial charge in [0.2, 0.25) is 0 Å². The summed E-state index contributed by atoms with van der Waals surface area (Å²) < 4.78 is 30.8. The summed E-state index contributed by atoms with van der Waals surface area (Å²) in [6, 6.07) is 0.315. The largest absolute Gasteiger partial charge is 0.339 e. The zero-order valence-corrected chi connectivity index (χ0v) is 14.6. The van der Waals surface area contributed by atoms with Crippen LogP contribution in [0.5, 0.6) is 0 Å². The molecule has 0 radical (unpaired) electrons. The Morgan fingerprint density at radius 1 is 1.30 bits per heavy atom. The van der Waals surface area contributed by atoms with E-state index in [4.69, 9.17) is 0 Å². The first-order valence-corrected chi connectivity index (χ1v) is 9.34. The summed E-state index contributed by atoms with van der Waals surface area (Å²) >= 11 is 0. The second-order valence-electron chi connectivity index (χ2n) is 6.37. The summed E-state index contributed by atoms with van der Waals surface area (Å²) in [6.45, 7) is 5.22. The molecule has 1 atom stereocenters. The van der Waals surface area contributed by atoms with Crippen LogP contribution in [0.4, 0.5) is 0 Å². The molecule has 0 aromatic carbocycles. The fourth-order valence-electron chi connectivity index (χ4n) is 3.10. The summed E-state index contributed by atoms with van der Waals surface area (Å²) in [4.78, 5) is 8.48. The van der Waals surface area contributed by atoms with Crippen molar-refractivity contribution in [2.45, 2.75) is 43.7 Å². The molecule has 1 aliphatic heterocycles. The molecule has 126 valence electrons. The molecule has 0 saturated carbocycles. The zero-order chi connectivity index (χ0) is 16.6. The Bertz CT molecular complexity index is 777. The van der Waals surface area contributed by atoms with E-state index < -0.39 is 10.0 Å². The van der Waals surface area contributed by atoms with Gasteiger partial charge in [0.25, 0.3) is 10.0 Å². The van der Waals surface area contributed by atoms with E-state index in [0.29, 0.717) is 19.1 Å². The third-order valence-electron chi connectivity index (χ3n) is 4.29. The van der Waals surface area contributed by atoms with Crippen LogP contribution in [0.25, 0.3) is 0 Å². The molecule has 23 heavy (non-hydrogen) atoms. The number of aromatic nitrogens is 4. The van der Waals surface area contributed by atoms with Gasteiger partial charge in [-0.3, -0.25) is 0 Å². The SMILES string of the molecule is CC(C)n1ccnc1[C@H]1CCCN(S(=O)(=O)c2cn(C)cn2)C1. The predicted octanol–water partition coefficient (Wildman–Crippen LogP) is 1.77. The molecule has 7 nitrogen and oxygen atoms in total. The Kier molecular flexibility index (Phi) is 4.29. The number of rotatable bonds is 4. The van der Waals surface area contributed by atoms with E-state index >= 15 is 0 Å². The summed E-state index contributed by atoms with van der Waals surface area (Å²) in [5.74, 6) is 1.10. The lowest BCUT2D eigenvalue weighted by molar-refractivity contribution is 0.302. The predicted molar refractivity (Wildman–Crippen MR) is 86.6 cm³/mol. The molecule has 1 saturated heterocycles. The number of imidazole rings is 2. The van der Waals surface area contributed by atoms with Crippen LogP contribution in [-0.4, -0.2) is 44.9 Å². The molecule has 0 amide bonds. The highest BCUT2D eigenvalue weighted by Crippen LogP contribution is 2.30. The van der Waals surface area contributed by atoms with Crippen molar-refractivity contribution in [3.8, 4) is 0 Å². The van der Waals surface area contributed by atoms with Crippen molar-refractivity contribution in [2.75, 3.05) is 13.1 Å². The normalized spacial score (nSPS) is 20.3. The number of piperidine rings is 1. The molecule has 2 aromatic rings. The molecular weight excluding hydrogens is 314 g/mol. The smallest absolute Gasteiger partial charge is 0.262 e. The highest BCUT2D eigenvalue weighted by molar-refractivity contribution is 7.89. The van der Waals surface area contributed by atoms with Gasteiger partial charge in [-0.05, 0) is 26.7 Å². The molecular formula is C15H23N5O2S. The van der Waals surface area contributed by atoms with Gasteiger partial charge in [-0.1, -0.05) is 0 Å². The van der Waals surface area contributed by atoms with Crippen LogP contribution in [0.15, 0.2) is 29.9 Å². The van der Waals surface area contributed by atoms with Crippen LogP contribution < -0.4 is 0 Å². The number of aryl methyl sites for hydroxylation is 1. The minimum absolute atomic E-state index is 0.118. The van der Waals surface area contributed by atoms with Gasteiger partial charge in [-0.15, -0.1) is 0 Å². The van der Waals surface area contributed by atoms with Gasteiger partial charge in [0.15, 0.2) is 5.03 Å². The van der Waals surface area contributed by atoms with Gasteiger partial charge >= 0.3 is 0 Å². The lowest BCUT2D eigenvalue weighted by Gasteiger charge is -2.31. The molecule has 0 spiro atoms. The van der Waals surface area contributed by atoms with E-state index in [1.54, 1.807) is 28.3 Å². The highest BCUT2D eigenvalue weighted by Gasteiger charge is 2.33. The fourth-order valence-corrected chi connectivity index (χ4v) is 4.59. The van der Waals surface area contributed by atoms with Crippen molar-refractivity contribution < 1.29 is 8.42 Å². The highest BCUT2D eigenvalue weighted by atomic mass is 32.2. The summed E-state index contributed by atoms with van der Waals surface area (Å²) in [5.41, 5.74) is 0. The van der Waals surface area contributed by atoms with E-state index in [0.717, 1.165) is 18.7 Å². The van der Waals surface area contributed by atoms with Gasteiger partial charge in [-0.2, -0.15) is 4.31 Å². The lowest BCUT2D eigenvalue weighted by Crippen LogP contribution is -2.40. The molecule has 3 heterocycles. The van der Waals surface area contributed by atoms with Crippen molar-refractivity contribution in [1.82, 2.24) is 23.4 Å². The fraction of sp³-hybridized carbons (Fsp3) is 0.600. The summed E-state index contributed by atoms with van der Waals surface area (Å²) in [6.07, 6.45) is 8.61. The number of nitrogens with zero attached hydrogens (tertiary/aromatic N) is 5. The van der Waals surface area contributed by atoms with Crippen LogP contribution in [0.1, 0.15) is 44.5 Å². The average molecular weight is 337 g/mol. The van der Waals surface area contributed by atoms with Gasteiger partial charge in [0.1, 0.15) is 5.82 Å². The Balaban J connectivity index is 1.85. The second kappa shape index (κ2) is 6.09. The number of sulfonamides is 1. The Labute approximate surface area is 137 Å². The van der Waals surface area contributed by atoms with E-state index in [1.165, 1.54) is 6.33 Å². The van der Waals surface area contributed by atoms with Crippen LogP contribution in [0.3, 0.4) is 0 Å². The van der Waals surface area contributed by atoms with Crippen LogP contribution in [0.2, 0.25) is 0 Å². The van der Waals surface area contributed by atoms with Crippen molar-refractivity contribution in [3.05, 3.63) is 30.7 Å². The molecule has 0 bridgehead atoms. The lowest BCUT2D eigenvalue weighted by atomic mass is 9.98. The standard InChI is InChI=1S/C15H23N5O2S/c1-12(2)20-8-6-16-15(20)13-5-4-7-19(9-13)23(21,22)14-10-18(3)11-17-14/h6,8,10-13H,4-5,7,9H2,1-3H3/t13-/m0/s1. The van der Waals surface area contributed by atoms with E-state index in [9.17, 15) is 8.42 Å². The summed E-state index contributed by atoms with van der Waals surface area (Å²) in [5, 5.41) is 0.118. The molecule has 0 unspecified atom stereocenters. The van der Waals surface area contributed by atoms with Crippen molar-refractivity contribution >= 4 is 10.0 Å². The third kappa shape index (κ3) is 3.05. The quantitative estimate of drug-likeness (QED) is 0.852. The molecule has 1 aliphatic rings. The van der Waals surface area contributed by atoms with Gasteiger partial charge in [-0.25, -0.2) is 18.4 Å². The molecule has 0 aliphatic carbocycles. The molecule has 3 rings (SSSR count). The van der Waals surface area contributed by atoms with Gasteiger partial charge in [0.05, 0.1) is 6.33 Å². The van der Waals surface area contributed by atoms with Crippen LogP contribution in [0, 0.1) is 0 Å². The molecule has 8 heteroatoms. The minimum atomic E-state index is -3.53. The van der Waals surface area contributed by atoms with Crippen molar-refractivity contribution in [1.29, 1.82) is 0 Å². The first kappa shape index (κ1) is 16.2. The van der Waals surface area contributed by atoms with Crippen LogP contribution >= 0.6 is 0 Å². The maximum Gasteiger partial charge on any atom is 0.262 e. The second-order valence-corrected chi connectivity index (χ2v) is 8.25. The summed E-state index contributed by atoms with van der Waals surface area (Å²) in [7, 11) is -1.77. The van der Waals surface area contributed by atoms with E-state index in [1.807, 2.05) is 6.20 Å². The van der Waals surface area contributed by atoms with Crippen LogP contribution in [-0.2, 0) is 17.1 Å². The topological polar surface area (TPSA) is 73.0 Å². The maximum atomic E-state index is 12.8. The molecule has 1 fully saturated rings. The third-order valence-corrected chi connectivity index (χ3v) is 6.04. The van der Waals surface area contributed by atoms with E-state index in [-0.39, 0.29) is 10.9 Å².